The predicted molar refractivity (Wildman–Crippen MR) is 104 cm³/mol. The first-order valence-electron chi connectivity index (χ1n) is 8.84. The number of halogens is 1. The van der Waals surface area contributed by atoms with E-state index in [2.05, 4.69) is 20.7 Å². The lowest BCUT2D eigenvalue weighted by Crippen LogP contribution is -2.38. The highest BCUT2D eigenvalue weighted by molar-refractivity contribution is 7.88. The van der Waals surface area contributed by atoms with E-state index in [4.69, 9.17) is 11.6 Å². The summed E-state index contributed by atoms with van der Waals surface area (Å²) in [5, 5.41) is 0.488. The van der Waals surface area contributed by atoms with E-state index in [1.54, 1.807) is 30.5 Å². The molecule has 0 unspecified atom stereocenters. The number of pyridine rings is 1. The minimum atomic E-state index is -3.37. The Hall–Kier alpha value is -1.47. The van der Waals surface area contributed by atoms with Crippen molar-refractivity contribution in [3.05, 3.63) is 64.9 Å². The van der Waals surface area contributed by atoms with Crippen LogP contribution in [-0.4, -0.2) is 37.9 Å². The molecule has 7 heteroatoms. The summed E-state index contributed by atoms with van der Waals surface area (Å²) in [5.41, 5.74) is 1.85. The molecule has 0 spiro atoms. The van der Waals surface area contributed by atoms with Gasteiger partial charge in [0.05, 0.1) is 5.75 Å². The second-order valence-corrected chi connectivity index (χ2v) is 8.99. The van der Waals surface area contributed by atoms with Crippen LogP contribution in [0.1, 0.15) is 24.0 Å². The zero-order valence-corrected chi connectivity index (χ0v) is 16.2. The van der Waals surface area contributed by atoms with Crippen molar-refractivity contribution in [1.82, 2.24) is 14.6 Å². The second-order valence-electron chi connectivity index (χ2n) is 6.78. The number of sulfonamides is 1. The maximum absolute atomic E-state index is 12.3. The van der Waals surface area contributed by atoms with Gasteiger partial charge in [0.25, 0.3) is 0 Å². The quantitative estimate of drug-likeness (QED) is 0.785. The molecule has 1 aliphatic rings. The largest absolute Gasteiger partial charge is 0.299 e. The Morgan fingerprint density at radius 2 is 1.92 bits per heavy atom. The number of nitrogens with zero attached hydrogens (tertiary/aromatic N) is 2. The molecule has 0 aliphatic carbocycles. The second kappa shape index (κ2) is 8.95. The van der Waals surface area contributed by atoms with Crippen molar-refractivity contribution in [2.45, 2.75) is 25.1 Å². The van der Waals surface area contributed by atoms with Crippen LogP contribution < -0.4 is 4.72 Å². The number of benzene rings is 1. The van der Waals surface area contributed by atoms with E-state index in [1.807, 2.05) is 12.3 Å². The highest BCUT2D eigenvalue weighted by Gasteiger charge is 2.21. The van der Waals surface area contributed by atoms with Crippen LogP contribution in [-0.2, 0) is 22.3 Å². The van der Waals surface area contributed by atoms with Gasteiger partial charge in [0, 0.05) is 30.5 Å². The summed E-state index contributed by atoms with van der Waals surface area (Å²) in [7, 11) is -3.37. The average molecular weight is 394 g/mol. The Balaban J connectivity index is 1.44. The van der Waals surface area contributed by atoms with Crippen molar-refractivity contribution >= 4 is 21.6 Å². The first-order chi connectivity index (χ1) is 12.5. The smallest absolute Gasteiger partial charge is 0.215 e. The normalized spacial score (nSPS) is 16.7. The lowest BCUT2D eigenvalue weighted by Gasteiger charge is -2.31. The highest BCUT2D eigenvalue weighted by atomic mass is 35.5. The van der Waals surface area contributed by atoms with Crippen LogP contribution in [0.4, 0.5) is 0 Å². The Kier molecular flexibility index (Phi) is 6.64. The maximum atomic E-state index is 12.3. The molecular formula is C19H24ClN3O2S. The number of hydrogen-bond acceptors (Lipinski definition) is 4. The van der Waals surface area contributed by atoms with Gasteiger partial charge >= 0.3 is 0 Å². The lowest BCUT2D eigenvalue weighted by atomic mass is 9.97. The minimum absolute atomic E-state index is 0.0769. The summed E-state index contributed by atoms with van der Waals surface area (Å²) < 4.78 is 27.4. The molecule has 0 atom stereocenters. The fourth-order valence-electron chi connectivity index (χ4n) is 3.21. The standard InChI is InChI=1S/C19H24ClN3O2S/c20-19-6-2-1-5-18(19)15-26(24,25)22-13-16-7-10-23(11-8-16)14-17-4-3-9-21-12-17/h1-6,9,12,16,22H,7-8,10-11,13-15H2. The van der Waals surface area contributed by atoms with Crippen LogP contribution in [0.5, 0.6) is 0 Å². The van der Waals surface area contributed by atoms with Gasteiger partial charge in [-0.2, -0.15) is 0 Å². The molecular weight excluding hydrogens is 370 g/mol. The first kappa shape index (κ1) is 19.3. The molecule has 1 aromatic heterocycles. The predicted octanol–water partition coefficient (Wildman–Crippen LogP) is 3.07. The van der Waals surface area contributed by atoms with Crippen LogP contribution in [0.3, 0.4) is 0 Å². The summed E-state index contributed by atoms with van der Waals surface area (Å²) >= 11 is 6.06. The molecule has 3 rings (SSSR count). The fraction of sp³-hybridized carbons (Fsp3) is 0.421. The van der Waals surface area contributed by atoms with Crippen LogP contribution >= 0.6 is 11.6 Å². The molecule has 0 bridgehead atoms. The molecule has 2 aromatic rings. The van der Waals surface area contributed by atoms with E-state index in [0.29, 0.717) is 23.0 Å². The third kappa shape index (κ3) is 5.77. The van der Waals surface area contributed by atoms with Gasteiger partial charge in [-0.1, -0.05) is 35.9 Å². The average Bonchev–Trinajstić information content (AvgIpc) is 2.64. The van der Waals surface area contributed by atoms with Gasteiger partial charge in [0.2, 0.25) is 10.0 Å². The molecule has 0 radical (unpaired) electrons. The van der Waals surface area contributed by atoms with Crippen LogP contribution in [0.25, 0.3) is 0 Å². The number of hydrogen-bond donors (Lipinski definition) is 1. The number of rotatable bonds is 7. The number of piperidine rings is 1. The van der Waals surface area contributed by atoms with Gasteiger partial charge in [-0.15, -0.1) is 0 Å². The summed E-state index contributed by atoms with van der Waals surface area (Å²) in [4.78, 5) is 6.54. The molecule has 1 aromatic carbocycles. The first-order valence-corrected chi connectivity index (χ1v) is 10.9. The summed E-state index contributed by atoms with van der Waals surface area (Å²) in [6.45, 7) is 3.35. The topological polar surface area (TPSA) is 62.3 Å². The maximum Gasteiger partial charge on any atom is 0.215 e. The third-order valence-corrected chi connectivity index (χ3v) is 6.40. The number of nitrogens with one attached hydrogen (secondary N) is 1. The molecule has 1 aliphatic heterocycles. The fourth-order valence-corrected chi connectivity index (χ4v) is 4.75. The Bertz CT molecular complexity index is 807. The van der Waals surface area contributed by atoms with E-state index in [-0.39, 0.29) is 5.75 Å². The van der Waals surface area contributed by atoms with Crippen molar-refractivity contribution in [3.8, 4) is 0 Å². The van der Waals surface area contributed by atoms with Crippen LogP contribution in [0.15, 0.2) is 48.8 Å². The van der Waals surface area contributed by atoms with Crippen LogP contribution in [0, 0.1) is 5.92 Å². The molecule has 1 saturated heterocycles. The van der Waals surface area contributed by atoms with Crippen molar-refractivity contribution in [2.24, 2.45) is 5.92 Å². The van der Waals surface area contributed by atoms with Gasteiger partial charge in [-0.3, -0.25) is 9.88 Å². The zero-order chi connectivity index (χ0) is 18.4. The summed E-state index contributed by atoms with van der Waals surface area (Å²) in [6, 6.07) is 11.1. The molecule has 140 valence electrons. The SMILES string of the molecule is O=S(=O)(Cc1ccccc1Cl)NCC1CCN(Cc2cccnc2)CC1. The van der Waals surface area contributed by atoms with Crippen LogP contribution in [0.2, 0.25) is 5.02 Å². The Labute approximate surface area is 160 Å². The molecule has 0 amide bonds. The molecule has 26 heavy (non-hydrogen) atoms. The molecule has 1 fully saturated rings. The van der Waals surface area contributed by atoms with Crippen molar-refractivity contribution < 1.29 is 8.42 Å². The van der Waals surface area contributed by atoms with E-state index < -0.39 is 10.0 Å². The lowest BCUT2D eigenvalue weighted by molar-refractivity contribution is 0.178. The highest BCUT2D eigenvalue weighted by Crippen LogP contribution is 2.20. The van der Waals surface area contributed by atoms with Crippen molar-refractivity contribution in [2.75, 3.05) is 19.6 Å². The van der Waals surface area contributed by atoms with E-state index in [0.717, 1.165) is 32.5 Å². The third-order valence-electron chi connectivity index (χ3n) is 4.73. The van der Waals surface area contributed by atoms with E-state index >= 15 is 0 Å². The van der Waals surface area contributed by atoms with Gasteiger partial charge in [0.1, 0.15) is 0 Å². The van der Waals surface area contributed by atoms with Crippen molar-refractivity contribution in [1.29, 1.82) is 0 Å². The number of likely N-dealkylation sites (tertiary alicyclic amines) is 1. The Morgan fingerprint density at radius 1 is 1.15 bits per heavy atom. The molecule has 5 nitrogen and oxygen atoms in total. The number of aromatic nitrogens is 1. The Morgan fingerprint density at radius 3 is 2.62 bits per heavy atom. The zero-order valence-electron chi connectivity index (χ0n) is 14.6. The van der Waals surface area contributed by atoms with Gasteiger partial charge < -0.3 is 0 Å². The monoisotopic (exact) mass is 393 g/mol. The molecule has 2 heterocycles. The van der Waals surface area contributed by atoms with Gasteiger partial charge in [-0.05, 0) is 55.1 Å². The van der Waals surface area contributed by atoms with E-state index in [1.165, 1.54) is 5.56 Å². The molecule has 0 saturated carbocycles. The van der Waals surface area contributed by atoms with E-state index in [9.17, 15) is 8.42 Å². The minimum Gasteiger partial charge on any atom is -0.299 e. The van der Waals surface area contributed by atoms with Gasteiger partial charge in [-0.25, -0.2) is 13.1 Å². The summed E-state index contributed by atoms with van der Waals surface area (Å²) in [5.74, 6) is 0.299. The summed E-state index contributed by atoms with van der Waals surface area (Å²) in [6.07, 6.45) is 5.67. The van der Waals surface area contributed by atoms with Crippen molar-refractivity contribution in [3.63, 3.8) is 0 Å². The van der Waals surface area contributed by atoms with Gasteiger partial charge in [0.15, 0.2) is 0 Å². The molecule has 1 N–H and O–H groups in total.